The third-order valence-electron chi connectivity index (χ3n) is 2.39. The predicted octanol–water partition coefficient (Wildman–Crippen LogP) is 5.58. The monoisotopic (exact) mass is 433 g/mol. The Bertz CT molecular complexity index is 774. The van der Waals surface area contributed by atoms with E-state index in [1.54, 1.807) is 6.92 Å². The van der Waals surface area contributed by atoms with Gasteiger partial charge in [-0.15, -0.1) is 11.3 Å². The predicted molar refractivity (Wildman–Crippen MR) is 89.0 cm³/mol. The van der Waals surface area contributed by atoms with Crippen LogP contribution in [0.15, 0.2) is 26.9 Å². The average Bonchev–Trinajstić information content (AvgIpc) is 2.66. The Morgan fingerprint density at radius 3 is 2.25 bits per heavy atom. The lowest BCUT2D eigenvalue weighted by atomic mass is 10.3. The van der Waals surface area contributed by atoms with Crippen LogP contribution in [0.4, 0.5) is 5.69 Å². The third-order valence-corrected chi connectivity index (χ3v) is 6.60. The van der Waals surface area contributed by atoms with Crippen LogP contribution in [-0.4, -0.2) is 8.42 Å². The standard InChI is InChI=1S/C11H7BrCl3NO2S2/c1-5-10(4-11(12)19-5)20(17,18)16-9-3-7(14)6(13)2-8(9)15/h2-4,16H,1H3. The van der Waals surface area contributed by atoms with Crippen LogP contribution in [0.2, 0.25) is 15.1 Å². The van der Waals surface area contributed by atoms with E-state index in [1.807, 2.05) is 0 Å². The highest BCUT2D eigenvalue weighted by Gasteiger charge is 2.21. The van der Waals surface area contributed by atoms with Gasteiger partial charge in [0.2, 0.25) is 0 Å². The molecule has 0 radical (unpaired) electrons. The molecular weight excluding hydrogens is 429 g/mol. The highest BCUT2D eigenvalue weighted by Crippen LogP contribution is 2.35. The van der Waals surface area contributed by atoms with E-state index < -0.39 is 10.0 Å². The minimum absolute atomic E-state index is 0.176. The molecule has 1 aromatic heterocycles. The van der Waals surface area contributed by atoms with Crippen LogP contribution in [-0.2, 0) is 10.0 Å². The number of hydrogen-bond donors (Lipinski definition) is 1. The van der Waals surface area contributed by atoms with Gasteiger partial charge in [0.15, 0.2) is 0 Å². The summed E-state index contributed by atoms with van der Waals surface area (Å²) in [5.41, 5.74) is 0.183. The largest absolute Gasteiger partial charge is 0.278 e. The summed E-state index contributed by atoms with van der Waals surface area (Å²) in [5, 5.41) is 0.654. The van der Waals surface area contributed by atoms with E-state index in [4.69, 9.17) is 34.8 Å². The van der Waals surface area contributed by atoms with E-state index in [9.17, 15) is 8.42 Å². The molecule has 2 rings (SSSR count). The number of benzene rings is 1. The molecule has 0 spiro atoms. The van der Waals surface area contributed by atoms with Crippen molar-refractivity contribution in [2.45, 2.75) is 11.8 Å². The number of rotatable bonds is 3. The van der Waals surface area contributed by atoms with E-state index in [-0.39, 0.29) is 25.7 Å². The van der Waals surface area contributed by atoms with Gasteiger partial charge in [-0.1, -0.05) is 34.8 Å². The molecule has 0 unspecified atom stereocenters. The highest BCUT2D eigenvalue weighted by atomic mass is 79.9. The molecule has 2 aromatic rings. The third kappa shape index (κ3) is 3.43. The number of halogens is 4. The van der Waals surface area contributed by atoms with Crippen molar-refractivity contribution in [2.75, 3.05) is 4.72 Å². The molecular formula is C11H7BrCl3NO2S2. The topological polar surface area (TPSA) is 46.2 Å². The molecule has 1 heterocycles. The second-order valence-electron chi connectivity index (χ2n) is 3.82. The van der Waals surface area contributed by atoms with Gasteiger partial charge in [-0.05, 0) is 41.1 Å². The number of hydrogen-bond acceptors (Lipinski definition) is 3. The molecule has 0 atom stereocenters. The fourth-order valence-electron chi connectivity index (χ4n) is 1.50. The molecule has 20 heavy (non-hydrogen) atoms. The summed E-state index contributed by atoms with van der Waals surface area (Å²) in [5.74, 6) is 0. The molecule has 3 nitrogen and oxygen atoms in total. The van der Waals surface area contributed by atoms with Crippen LogP contribution in [0, 0.1) is 6.92 Å². The minimum atomic E-state index is -3.73. The van der Waals surface area contributed by atoms with Crippen LogP contribution in [0.25, 0.3) is 0 Å². The van der Waals surface area contributed by atoms with Gasteiger partial charge in [-0.25, -0.2) is 8.42 Å². The van der Waals surface area contributed by atoms with Crippen molar-refractivity contribution >= 4 is 77.8 Å². The Morgan fingerprint density at radius 1 is 1.10 bits per heavy atom. The molecule has 1 aromatic carbocycles. The SMILES string of the molecule is Cc1sc(Br)cc1S(=O)(=O)Nc1cc(Cl)c(Cl)cc1Cl. The van der Waals surface area contributed by atoms with Gasteiger partial charge in [0.05, 0.1) is 24.5 Å². The normalized spacial score (nSPS) is 11.7. The molecule has 1 N–H and O–H groups in total. The van der Waals surface area contributed by atoms with Crippen LogP contribution in [0.1, 0.15) is 4.88 Å². The zero-order valence-corrected chi connectivity index (χ0v) is 15.4. The fraction of sp³-hybridized carbons (Fsp3) is 0.0909. The molecule has 0 aliphatic carbocycles. The van der Waals surface area contributed by atoms with E-state index in [1.165, 1.54) is 29.5 Å². The molecule has 9 heteroatoms. The average molecular weight is 436 g/mol. The number of sulfonamides is 1. The van der Waals surface area contributed by atoms with Gasteiger partial charge < -0.3 is 0 Å². The number of thiophene rings is 1. The van der Waals surface area contributed by atoms with Crippen LogP contribution >= 0.6 is 62.1 Å². The molecule has 0 saturated carbocycles. The van der Waals surface area contributed by atoms with Crippen molar-refractivity contribution in [1.82, 2.24) is 0 Å². The highest BCUT2D eigenvalue weighted by molar-refractivity contribution is 9.11. The lowest BCUT2D eigenvalue weighted by Crippen LogP contribution is -2.13. The fourth-order valence-corrected chi connectivity index (χ4v) is 5.63. The van der Waals surface area contributed by atoms with Crippen molar-refractivity contribution in [1.29, 1.82) is 0 Å². The first-order chi connectivity index (χ1) is 9.20. The van der Waals surface area contributed by atoms with Gasteiger partial charge in [0, 0.05) is 4.88 Å². The zero-order valence-electron chi connectivity index (χ0n) is 9.88. The molecule has 0 aliphatic heterocycles. The molecule has 0 saturated heterocycles. The van der Waals surface area contributed by atoms with Gasteiger partial charge >= 0.3 is 0 Å². The second-order valence-corrected chi connectivity index (χ2v) is 9.33. The maximum atomic E-state index is 12.3. The first kappa shape index (κ1) is 16.4. The number of nitrogens with one attached hydrogen (secondary N) is 1. The van der Waals surface area contributed by atoms with Crippen LogP contribution < -0.4 is 4.72 Å². The zero-order chi connectivity index (χ0) is 15.1. The summed E-state index contributed by atoms with van der Waals surface area (Å²) in [6.07, 6.45) is 0. The Balaban J connectivity index is 2.43. The van der Waals surface area contributed by atoms with E-state index in [0.717, 1.165) is 3.79 Å². The van der Waals surface area contributed by atoms with Crippen molar-refractivity contribution in [2.24, 2.45) is 0 Å². The van der Waals surface area contributed by atoms with Gasteiger partial charge in [-0.3, -0.25) is 4.72 Å². The smallest absolute Gasteiger partial charge is 0.263 e. The summed E-state index contributed by atoms with van der Waals surface area (Å²) >= 11 is 22.2. The first-order valence-corrected chi connectivity index (χ1v) is 9.36. The molecule has 108 valence electrons. The summed E-state index contributed by atoms with van der Waals surface area (Å²) in [4.78, 5) is 0.858. The first-order valence-electron chi connectivity index (χ1n) is 5.14. The van der Waals surface area contributed by atoms with Gasteiger partial charge in [0.1, 0.15) is 4.90 Å². The summed E-state index contributed by atoms with van der Waals surface area (Å²) in [6, 6.07) is 4.30. The minimum Gasteiger partial charge on any atom is -0.278 e. The van der Waals surface area contributed by atoms with E-state index >= 15 is 0 Å². The lowest BCUT2D eigenvalue weighted by molar-refractivity contribution is 0.601. The molecule has 0 aliphatic rings. The van der Waals surface area contributed by atoms with Crippen molar-refractivity contribution in [3.05, 3.63) is 41.9 Å². The summed E-state index contributed by atoms with van der Waals surface area (Å²) in [7, 11) is -3.73. The second kappa shape index (κ2) is 6.02. The number of aryl methyl sites for hydroxylation is 1. The Kier molecular flexibility index (Phi) is 4.94. The summed E-state index contributed by atoms with van der Waals surface area (Å²) < 4.78 is 27.8. The molecule has 0 fully saturated rings. The Hall–Kier alpha value is 0.0200. The van der Waals surface area contributed by atoms with Crippen molar-refractivity contribution in [3.8, 4) is 0 Å². The van der Waals surface area contributed by atoms with Gasteiger partial charge in [-0.2, -0.15) is 0 Å². The van der Waals surface area contributed by atoms with E-state index in [0.29, 0.717) is 4.88 Å². The van der Waals surface area contributed by atoms with Gasteiger partial charge in [0.25, 0.3) is 10.0 Å². The molecule has 0 amide bonds. The Morgan fingerprint density at radius 2 is 1.70 bits per heavy atom. The maximum absolute atomic E-state index is 12.3. The Labute approximate surface area is 144 Å². The molecule has 0 bridgehead atoms. The van der Waals surface area contributed by atoms with Crippen molar-refractivity contribution in [3.63, 3.8) is 0 Å². The van der Waals surface area contributed by atoms with Crippen LogP contribution in [0.3, 0.4) is 0 Å². The van der Waals surface area contributed by atoms with Crippen molar-refractivity contribution < 1.29 is 8.42 Å². The lowest BCUT2D eigenvalue weighted by Gasteiger charge is -2.10. The quantitative estimate of drug-likeness (QED) is 0.640. The van der Waals surface area contributed by atoms with Crippen LogP contribution in [0.5, 0.6) is 0 Å². The maximum Gasteiger partial charge on any atom is 0.263 e. The summed E-state index contributed by atoms with van der Waals surface area (Å²) in [6.45, 7) is 1.72. The number of anilines is 1. The van der Waals surface area contributed by atoms with E-state index in [2.05, 4.69) is 20.7 Å².